The summed E-state index contributed by atoms with van der Waals surface area (Å²) in [6.45, 7) is 2.65. The lowest BCUT2D eigenvalue weighted by Crippen LogP contribution is -2.28. The van der Waals surface area contributed by atoms with Crippen LogP contribution in [0.3, 0.4) is 0 Å². The molecule has 8 heteroatoms. The molecular formula is C26H29N5O3. The number of benzene rings is 3. The molecule has 0 saturated heterocycles. The van der Waals surface area contributed by atoms with Crippen LogP contribution in [-0.2, 0) is 6.54 Å². The van der Waals surface area contributed by atoms with E-state index in [1.165, 1.54) is 0 Å². The van der Waals surface area contributed by atoms with Crippen molar-refractivity contribution in [1.82, 2.24) is 25.1 Å². The van der Waals surface area contributed by atoms with Gasteiger partial charge in [0.1, 0.15) is 0 Å². The van der Waals surface area contributed by atoms with Crippen molar-refractivity contribution in [1.29, 1.82) is 0 Å². The number of para-hydroxylation sites is 1. The van der Waals surface area contributed by atoms with Crippen LogP contribution in [0.5, 0.6) is 17.2 Å². The summed E-state index contributed by atoms with van der Waals surface area (Å²) >= 11 is 0. The van der Waals surface area contributed by atoms with E-state index in [-0.39, 0.29) is 6.04 Å². The lowest BCUT2D eigenvalue weighted by molar-refractivity contribution is 0.256. The predicted molar refractivity (Wildman–Crippen MR) is 130 cm³/mol. The van der Waals surface area contributed by atoms with Crippen molar-refractivity contribution in [2.75, 3.05) is 28.4 Å². The van der Waals surface area contributed by atoms with Gasteiger partial charge in [0.25, 0.3) is 0 Å². The van der Waals surface area contributed by atoms with E-state index in [0.29, 0.717) is 23.8 Å². The molecule has 0 aliphatic rings. The quantitative estimate of drug-likeness (QED) is 0.371. The van der Waals surface area contributed by atoms with Crippen molar-refractivity contribution in [2.24, 2.45) is 0 Å². The van der Waals surface area contributed by atoms with E-state index >= 15 is 0 Å². The van der Waals surface area contributed by atoms with Gasteiger partial charge < -0.3 is 14.2 Å². The fourth-order valence-corrected chi connectivity index (χ4v) is 4.18. The molecule has 1 aromatic heterocycles. The molecule has 0 aliphatic carbocycles. The standard InChI is InChI=1S/C26H29N5O3/c1-18-11-9-10-14-21(18)31-26(27-28-29-31)24(20-12-7-6-8-13-20)30(2)17-19-15-22(32-3)25(34-5)23(16-19)33-4/h6-16,24H,17H2,1-5H3. The third kappa shape index (κ3) is 4.58. The Kier molecular flexibility index (Phi) is 7.08. The third-order valence-electron chi connectivity index (χ3n) is 5.79. The van der Waals surface area contributed by atoms with E-state index in [4.69, 9.17) is 14.2 Å². The fourth-order valence-electron chi connectivity index (χ4n) is 4.18. The molecule has 0 fully saturated rings. The molecule has 0 saturated carbocycles. The van der Waals surface area contributed by atoms with Gasteiger partial charge in [-0.05, 0) is 59.3 Å². The van der Waals surface area contributed by atoms with Crippen molar-refractivity contribution in [2.45, 2.75) is 19.5 Å². The van der Waals surface area contributed by atoms with Gasteiger partial charge in [0.05, 0.1) is 33.1 Å². The average molecular weight is 460 g/mol. The van der Waals surface area contributed by atoms with Crippen LogP contribution >= 0.6 is 0 Å². The van der Waals surface area contributed by atoms with Crippen molar-refractivity contribution in [3.05, 3.63) is 89.2 Å². The second kappa shape index (κ2) is 10.4. The van der Waals surface area contributed by atoms with Gasteiger partial charge in [0.2, 0.25) is 5.75 Å². The van der Waals surface area contributed by atoms with Crippen molar-refractivity contribution >= 4 is 0 Å². The van der Waals surface area contributed by atoms with E-state index in [1.54, 1.807) is 21.3 Å². The Bertz CT molecular complexity index is 1220. The Morgan fingerprint density at radius 2 is 1.53 bits per heavy atom. The minimum atomic E-state index is -0.199. The summed E-state index contributed by atoms with van der Waals surface area (Å²) in [5.74, 6) is 2.53. The Hall–Kier alpha value is -3.91. The zero-order chi connectivity index (χ0) is 24.1. The monoisotopic (exact) mass is 459 g/mol. The van der Waals surface area contributed by atoms with Gasteiger partial charge in [-0.2, -0.15) is 4.68 Å². The van der Waals surface area contributed by atoms with Crippen molar-refractivity contribution in [3.63, 3.8) is 0 Å². The molecule has 8 nitrogen and oxygen atoms in total. The van der Waals surface area contributed by atoms with E-state index in [1.807, 2.05) is 53.2 Å². The minimum absolute atomic E-state index is 0.199. The number of ether oxygens (including phenoxy) is 3. The highest BCUT2D eigenvalue weighted by Crippen LogP contribution is 2.39. The van der Waals surface area contributed by atoms with Crippen LogP contribution in [0.4, 0.5) is 0 Å². The largest absolute Gasteiger partial charge is 0.493 e. The Morgan fingerprint density at radius 3 is 2.15 bits per heavy atom. The van der Waals surface area contributed by atoms with Crippen LogP contribution in [0.1, 0.15) is 28.6 Å². The Labute approximate surface area is 199 Å². The summed E-state index contributed by atoms with van der Waals surface area (Å²) in [4.78, 5) is 2.20. The van der Waals surface area contributed by atoms with Crippen LogP contribution in [-0.4, -0.2) is 53.5 Å². The zero-order valence-corrected chi connectivity index (χ0v) is 20.1. The molecule has 1 atom stereocenters. The normalized spacial score (nSPS) is 11.9. The van der Waals surface area contributed by atoms with Crippen molar-refractivity contribution < 1.29 is 14.2 Å². The molecule has 3 aromatic carbocycles. The molecule has 34 heavy (non-hydrogen) atoms. The summed E-state index contributed by atoms with van der Waals surface area (Å²) in [7, 11) is 6.89. The van der Waals surface area contributed by atoms with Gasteiger partial charge >= 0.3 is 0 Å². The molecule has 4 aromatic rings. The second-order valence-corrected chi connectivity index (χ2v) is 8.00. The SMILES string of the molecule is COc1cc(CN(C)C(c2ccccc2)c2nnnn2-c2ccccc2C)cc(OC)c1OC. The maximum Gasteiger partial charge on any atom is 0.203 e. The average Bonchev–Trinajstić information content (AvgIpc) is 3.33. The molecule has 0 aliphatic heterocycles. The van der Waals surface area contributed by atoms with Gasteiger partial charge in [0.15, 0.2) is 17.3 Å². The number of hydrogen-bond donors (Lipinski definition) is 0. The second-order valence-electron chi connectivity index (χ2n) is 8.00. The molecule has 1 heterocycles. The highest BCUT2D eigenvalue weighted by molar-refractivity contribution is 5.54. The summed E-state index contributed by atoms with van der Waals surface area (Å²) in [5, 5.41) is 12.8. The maximum atomic E-state index is 5.55. The first-order chi connectivity index (χ1) is 16.6. The number of tetrazole rings is 1. The van der Waals surface area contributed by atoms with E-state index < -0.39 is 0 Å². The van der Waals surface area contributed by atoms with Crippen LogP contribution in [0.2, 0.25) is 0 Å². The van der Waals surface area contributed by atoms with Crippen LogP contribution in [0, 0.1) is 6.92 Å². The smallest absolute Gasteiger partial charge is 0.203 e. The minimum Gasteiger partial charge on any atom is -0.493 e. The third-order valence-corrected chi connectivity index (χ3v) is 5.79. The molecule has 0 radical (unpaired) electrons. The Morgan fingerprint density at radius 1 is 0.882 bits per heavy atom. The molecule has 0 spiro atoms. The maximum absolute atomic E-state index is 5.55. The van der Waals surface area contributed by atoms with Gasteiger partial charge in [0, 0.05) is 6.54 Å². The predicted octanol–water partition coefficient (Wildman–Crippen LogP) is 4.22. The molecule has 0 bridgehead atoms. The number of methoxy groups -OCH3 is 3. The summed E-state index contributed by atoms with van der Waals surface area (Å²) in [5.41, 5.74) is 4.13. The molecular weight excluding hydrogens is 430 g/mol. The summed E-state index contributed by atoms with van der Waals surface area (Å²) in [6.07, 6.45) is 0. The van der Waals surface area contributed by atoms with Gasteiger partial charge in [-0.1, -0.05) is 48.5 Å². The first kappa shape index (κ1) is 23.3. The van der Waals surface area contributed by atoms with Gasteiger partial charge in [-0.3, -0.25) is 4.90 Å². The summed E-state index contributed by atoms with van der Waals surface area (Å²) in [6, 6.07) is 22.0. The molecule has 0 amide bonds. The van der Waals surface area contributed by atoms with Crippen LogP contribution in [0.25, 0.3) is 5.69 Å². The number of aromatic nitrogens is 4. The first-order valence-electron chi connectivity index (χ1n) is 11.0. The van der Waals surface area contributed by atoms with E-state index in [9.17, 15) is 0 Å². The number of hydrogen-bond acceptors (Lipinski definition) is 7. The molecule has 4 rings (SSSR count). The molecule has 1 unspecified atom stereocenters. The number of aryl methyl sites for hydroxylation is 1. The topological polar surface area (TPSA) is 74.5 Å². The van der Waals surface area contributed by atoms with E-state index in [0.717, 1.165) is 28.2 Å². The lowest BCUT2D eigenvalue weighted by Gasteiger charge is -2.28. The highest BCUT2D eigenvalue weighted by Gasteiger charge is 2.27. The van der Waals surface area contributed by atoms with Crippen LogP contribution in [0.15, 0.2) is 66.7 Å². The number of nitrogens with zero attached hydrogens (tertiary/aromatic N) is 5. The number of rotatable bonds is 9. The lowest BCUT2D eigenvalue weighted by atomic mass is 10.0. The zero-order valence-electron chi connectivity index (χ0n) is 20.1. The fraction of sp³-hybridized carbons (Fsp3) is 0.269. The summed E-state index contributed by atoms with van der Waals surface area (Å²) < 4.78 is 18.4. The van der Waals surface area contributed by atoms with Gasteiger partial charge in [-0.15, -0.1) is 5.10 Å². The first-order valence-corrected chi connectivity index (χ1v) is 11.0. The highest BCUT2D eigenvalue weighted by atomic mass is 16.5. The molecule has 0 N–H and O–H groups in total. The Balaban J connectivity index is 1.77. The van der Waals surface area contributed by atoms with E-state index in [2.05, 4.69) is 52.6 Å². The molecule has 176 valence electrons. The van der Waals surface area contributed by atoms with Crippen molar-refractivity contribution in [3.8, 4) is 22.9 Å². The van der Waals surface area contributed by atoms with Crippen LogP contribution < -0.4 is 14.2 Å². The van der Waals surface area contributed by atoms with Gasteiger partial charge in [-0.25, -0.2) is 0 Å².